The largest absolute Gasteiger partial charge is 0.277 e. The summed E-state index contributed by atoms with van der Waals surface area (Å²) < 4.78 is 3.94. The first-order chi connectivity index (χ1) is 7.75. The maximum atomic E-state index is 6.00. The van der Waals surface area contributed by atoms with E-state index in [-0.39, 0.29) is 0 Å². The number of nitrogens with two attached hydrogens (primary N) is 1. The lowest BCUT2D eigenvalue weighted by Crippen LogP contribution is -2.37. The standard InChI is InChI=1S/C13H16N3/c1-3-4-7-10-15-11(2)16(14)13-9-6-5-8-12(13)15/h1,5-6,8-9H,4,7,10,14H2,2H3/q+1. The smallest absolute Gasteiger partial charge is 0.268 e. The van der Waals surface area contributed by atoms with E-state index in [1.807, 2.05) is 25.1 Å². The Bertz CT molecular complexity index is 546. The summed E-state index contributed by atoms with van der Waals surface area (Å²) in [6.07, 6.45) is 7.04. The number of hydrogen-bond donors (Lipinski definition) is 1. The summed E-state index contributed by atoms with van der Waals surface area (Å²) in [6, 6.07) is 8.14. The van der Waals surface area contributed by atoms with Gasteiger partial charge in [0.25, 0.3) is 5.82 Å². The van der Waals surface area contributed by atoms with Crippen LogP contribution < -0.4 is 10.4 Å². The number of rotatable bonds is 3. The minimum Gasteiger partial charge on any atom is -0.268 e. The maximum absolute atomic E-state index is 6.00. The summed E-state index contributed by atoms with van der Waals surface area (Å²) in [5.41, 5.74) is 2.22. The molecule has 2 rings (SSSR count). The van der Waals surface area contributed by atoms with Crippen molar-refractivity contribution in [1.29, 1.82) is 0 Å². The zero-order chi connectivity index (χ0) is 11.5. The molecule has 0 spiro atoms. The Morgan fingerprint density at radius 3 is 2.94 bits per heavy atom. The molecule has 82 valence electrons. The molecular formula is C13H16N3+. The average Bonchev–Trinajstić information content (AvgIpc) is 2.55. The fourth-order valence-corrected chi connectivity index (χ4v) is 2.00. The van der Waals surface area contributed by atoms with Crippen LogP contribution in [-0.2, 0) is 6.54 Å². The number of hydrogen-bond acceptors (Lipinski definition) is 1. The second kappa shape index (κ2) is 4.28. The minimum absolute atomic E-state index is 0.802. The first kappa shape index (κ1) is 10.6. The number of para-hydroxylation sites is 2. The molecule has 0 unspecified atom stereocenters. The minimum atomic E-state index is 0.802. The Morgan fingerprint density at radius 1 is 1.44 bits per heavy atom. The molecule has 1 aromatic carbocycles. The number of unbranched alkanes of at least 4 members (excludes halogenated alkanes) is 1. The number of nitrogens with zero attached hydrogens (tertiary/aromatic N) is 2. The molecule has 2 N–H and O–H groups in total. The number of terminal acetylenes is 1. The van der Waals surface area contributed by atoms with E-state index < -0.39 is 0 Å². The van der Waals surface area contributed by atoms with Crippen molar-refractivity contribution in [1.82, 2.24) is 4.68 Å². The molecule has 0 fully saturated rings. The van der Waals surface area contributed by atoms with Crippen LogP contribution in [-0.4, -0.2) is 4.68 Å². The molecule has 0 atom stereocenters. The van der Waals surface area contributed by atoms with Gasteiger partial charge in [0.2, 0.25) is 0 Å². The number of nitrogen functional groups attached to an aromatic ring is 1. The van der Waals surface area contributed by atoms with Gasteiger partial charge in [-0.3, -0.25) is 5.84 Å². The quantitative estimate of drug-likeness (QED) is 0.356. The van der Waals surface area contributed by atoms with Gasteiger partial charge in [-0.1, -0.05) is 12.1 Å². The highest BCUT2D eigenvalue weighted by Gasteiger charge is 2.18. The van der Waals surface area contributed by atoms with Gasteiger partial charge in [0.05, 0.1) is 6.54 Å². The summed E-state index contributed by atoms with van der Waals surface area (Å²) in [7, 11) is 0. The van der Waals surface area contributed by atoms with Crippen molar-refractivity contribution < 1.29 is 4.57 Å². The van der Waals surface area contributed by atoms with Crippen LogP contribution in [0.4, 0.5) is 0 Å². The zero-order valence-corrected chi connectivity index (χ0v) is 9.48. The molecule has 1 aromatic heterocycles. The first-order valence-electron chi connectivity index (χ1n) is 5.44. The highest BCUT2D eigenvalue weighted by Crippen LogP contribution is 2.11. The highest BCUT2D eigenvalue weighted by atomic mass is 15.3. The van der Waals surface area contributed by atoms with Crippen LogP contribution in [0.5, 0.6) is 0 Å². The molecule has 0 saturated carbocycles. The summed E-state index contributed by atoms with van der Waals surface area (Å²) in [5.74, 6) is 9.71. The third-order valence-electron chi connectivity index (χ3n) is 2.87. The highest BCUT2D eigenvalue weighted by molar-refractivity contribution is 5.72. The van der Waals surface area contributed by atoms with Gasteiger partial charge < -0.3 is 0 Å². The van der Waals surface area contributed by atoms with Crippen molar-refractivity contribution in [3.05, 3.63) is 30.1 Å². The van der Waals surface area contributed by atoms with Gasteiger partial charge in [-0.2, -0.15) is 0 Å². The van der Waals surface area contributed by atoms with Crippen LogP contribution in [0.2, 0.25) is 0 Å². The van der Waals surface area contributed by atoms with E-state index in [4.69, 9.17) is 12.3 Å². The maximum Gasteiger partial charge on any atom is 0.277 e. The molecule has 0 bridgehead atoms. The summed E-state index contributed by atoms with van der Waals surface area (Å²) in [5, 5.41) is 0. The molecule has 0 aliphatic rings. The van der Waals surface area contributed by atoms with Gasteiger partial charge in [-0.15, -0.1) is 17.0 Å². The van der Waals surface area contributed by atoms with Gasteiger partial charge in [0.15, 0.2) is 11.0 Å². The first-order valence-corrected chi connectivity index (χ1v) is 5.44. The Balaban J connectivity index is 2.44. The Morgan fingerprint density at radius 2 is 2.19 bits per heavy atom. The summed E-state index contributed by atoms with van der Waals surface area (Å²) in [6.45, 7) is 2.94. The van der Waals surface area contributed by atoms with Crippen molar-refractivity contribution in [2.75, 3.05) is 5.84 Å². The van der Waals surface area contributed by atoms with Crippen LogP contribution in [0.3, 0.4) is 0 Å². The monoisotopic (exact) mass is 214 g/mol. The average molecular weight is 214 g/mol. The molecule has 0 saturated heterocycles. The van der Waals surface area contributed by atoms with Gasteiger partial charge in [0, 0.05) is 13.3 Å². The van der Waals surface area contributed by atoms with E-state index in [1.54, 1.807) is 4.68 Å². The van der Waals surface area contributed by atoms with Crippen LogP contribution >= 0.6 is 0 Å². The van der Waals surface area contributed by atoms with Crippen molar-refractivity contribution in [2.45, 2.75) is 26.3 Å². The van der Waals surface area contributed by atoms with Gasteiger partial charge in [0.1, 0.15) is 0 Å². The number of aryl methyl sites for hydroxylation is 1. The van der Waals surface area contributed by atoms with Gasteiger partial charge in [-0.25, -0.2) is 4.57 Å². The Labute approximate surface area is 95.5 Å². The van der Waals surface area contributed by atoms with E-state index in [0.717, 1.165) is 30.7 Å². The predicted octanol–water partition coefficient (Wildman–Crippen LogP) is 1.36. The van der Waals surface area contributed by atoms with Crippen molar-refractivity contribution in [3.63, 3.8) is 0 Å². The second-order valence-corrected chi connectivity index (χ2v) is 3.87. The number of aromatic nitrogens is 2. The van der Waals surface area contributed by atoms with E-state index in [1.165, 1.54) is 5.52 Å². The number of imidazole rings is 1. The molecule has 16 heavy (non-hydrogen) atoms. The zero-order valence-electron chi connectivity index (χ0n) is 9.48. The van der Waals surface area contributed by atoms with Crippen molar-refractivity contribution in [2.24, 2.45) is 0 Å². The van der Waals surface area contributed by atoms with E-state index >= 15 is 0 Å². The fourth-order valence-electron chi connectivity index (χ4n) is 2.00. The molecule has 0 aliphatic heterocycles. The molecule has 0 radical (unpaired) electrons. The Hall–Kier alpha value is -1.95. The summed E-state index contributed by atoms with van der Waals surface area (Å²) >= 11 is 0. The van der Waals surface area contributed by atoms with Crippen LogP contribution in [0, 0.1) is 19.3 Å². The van der Waals surface area contributed by atoms with Gasteiger partial charge in [-0.05, 0) is 18.6 Å². The molecule has 2 aromatic rings. The molecule has 0 aliphatic carbocycles. The lowest BCUT2D eigenvalue weighted by atomic mass is 10.3. The molecule has 3 nitrogen and oxygen atoms in total. The molecule has 0 amide bonds. The van der Waals surface area contributed by atoms with Crippen molar-refractivity contribution >= 4 is 11.0 Å². The number of benzene rings is 1. The van der Waals surface area contributed by atoms with E-state index in [2.05, 4.69) is 16.6 Å². The van der Waals surface area contributed by atoms with Crippen LogP contribution in [0.1, 0.15) is 18.7 Å². The molecular weight excluding hydrogens is 198 g/mol. The lowest BCUT2D eigenvalue weighted by molar-refractivity contribution is -0.678. The molecule has 3 heteroatoms. The van der Waals surface area contributed by atoms with Crippen LogP contribution in [0.15, 0.2) is 24.3 Å². The van der Waals surface area contributed by atoms with E-state index in [9.17, 15) is 0 Å². The second-order valence-electron chi connectivity index (χ2n) is 3.87. The normalized spacial score (nSPS) is 10.5. The SMILES string of the molecule is C#CCCC[n+]1c(C)n(N)c2ccccc21. The third kappa shape index (κ3) is 1.63. The van der Waals surface area contributed by atoms with Gasteiger partial charge >= 0.3 is 0 Å². The van der Waals surface area contributed by atoms with Crippen molar-refractivity contribution in [3.8, 4) is 12.3 Å². The van der Waals surface area contributed by atoms with E-state index in [0.29, 0.717) is 0 Å². The topological polar surface area (TPSA) is 34.8 Å². The summed E-state index contributed by atoms with van der Waals surface area (Å²) in [4.78, 5) is 0. The van der Waals surface area contributed by atoms with Crippen LogP contribution in [0.25, 0.3) is 11.0 Å². The third-order valence-corrected chi connectivity index (χ3v) is 2.87. The number of fused-ring (bicyclic) bond motifs is 1. The predicted molar refractivity (Wildman–Crippen MR) is 65.1 cm³/mol. The molecule has 1 heterocycles. The Kier molecular flexibility index (Phi) is 2.82. The fraction of sp³-hybridized carbons (Fsp3) is 0.308. The lowest BCUT2D eigenvalue weighted by Gasteiger charge is -1.97.